The minimum absolute atomic E-state index is 0.133. The normalized spacial score (nSPS) is 24.5. The minimum atomic E-state index is -4.79. The van der Waals surface area contributed by atoms with Crippen LogP contribution in [-0.2, 0) is 23.4 Å². The minimum Gasteiger partial charge on any atom is -0.387 e. The molecule has 4 unspecified atom stereocenters. The van der Waals surface area contributed by atoms with Gasteiger partial charge in [-0.25, -0.2) is 19.5 Å². The number of carbonyl (C=O) groups is 1. The van der Waals surface area contributed by atoms with Crippen LogP contribution in [0.15, 0.2) is 12.7 Å². The molecule has 3 heterocycles. The number of nitrogen functional groups attached to an aromatic ring is 1. The van der Waals surface area contributed by atoms with Gasteiger partial charge < -0.3 is 35.8 Å². The summed E-state index contributed by atoms with van der Waals surface area (Å²) in [5.41, 5.74) is 11.8. The molecule has 1 fully saturated rings. The van der Waals surface area contributed by atoms with Crippen molar-refractivity contribution in [1.29, 1.82) is 0 Å². The van der Waals surface area contributed by atoms with Gasteiger partial charge in [0.15, 0.2) is 23.5 Å². The lowest BCUT2D eigenvalue weighted by Gasteiger charge is -2.21. The standard InChI is InChI=1S/C15H23N6O8P/c16-3-1-2-8(22)4-27-12-11(23)9(5-28-30(24,25)26)29-15(12)21-7-20-10-13(17)18-6-19-14(10)21/h6-7,9,11-12,15,23H,1-5,16H2,(H2,17,18,19)(H2,24,25,26). The summed E-state index contributed by atoms with van der Waals surface area (Å²) >= 11 is 0. The molecule has 14 nitrogen and oxygen atoms in total. The van der Waals surface area contributed by atoms with E-state index >= 15 is 0 Å². The van der Waals surface area contributed by atoms with Crippen LogP contribution in [0.3, 0.4) is 0 Å². The Kier molecular flexibility index (Phi) is 7.10. The maximum absolute atomic E-state index is 12.0. The Labute approximate surface area is 170 Å². The third-order valence-electron chi connectivity index (χ3n) is 4.48. The van der Waals surface area contributed by atoms with Crippen LogP contribution in [0.2, 0.25) is 0 Å². The highest BCUT2D eigenvalue weighted by molar-refractivity contribution is 7.46. The number of aliphatic hydroxyl groups is 1. The number of aromatic nitrogens is 4. The van der Waals surface area contributed by atoms with Gasteiger partial charge in [0.1, 0.15) is 36.8 Å². The smallest absolute Gasteiger partial charge is 0.387 e. The maximum atomic E-state index is 12.0. The molecule has 4 atom stereocenters. The number of phosphoric acid groups is 1. The number of nitrogens with two attached hydrogens (primary N) is 2. The summed E-state index contributed by atoms with van der Waals surface area (Å²) in [4.78, 5) is 41.9. The van der Waals surface area contributed by atoms with Gasteiger partial charge in [-0.1, -0.05) is 0 Å². The summed E-state index contributed by atoms with van der Waals surface area (Å²) in [5, 5.41) is 10.6. The van der Waals surface area contributed by atoms with E-state index in [2.05, 4.69) is 19.5 Å². The summed E-state index contributed by atoms with van der Waals surface area (Å²) < 4.78 is 28.3. The molecular weight excluding hydrogens is 423 g/mol. The van der Waals surface area contributed by atoms with Crippen LogP contribution < -0.4 is 11.5 Å². The highest BCUT2D eigenvalue weighted by atomic mass is 31.2. The third-order valence-corrected chi connectivity index (χ3v) is 4.96. The third kappa shape index (κ3) is 5.17. The summed E-state index contributed by atoms with van der Waals surface area (Å²) in [6, 6.07) is 0. The first-order valence-electron chi connectivity index (χ1n) is 9.01. The van der Waals surface area contributed by atoms with E-state index in [0.717, 1.165) is 0 Å². The molecule has 0 amide bonds. The van der Waals surface area contributed by atoms with E-state index in [9.17, 15) is 14.5 Å². The van der Waals surface area contributed by atoms with Crippen LogP contribution in [0.4, 0.5) is 5.82 Å². The average Bonchev–Trinajstić information content (AvgIpc) is 3.24. The van der Waals surface area contributed by atoms with Crippen LogP contribution in [0.25, 0.3) is 11.2 Å². The molecule has 2 aromatic heterocycles. The zero-order chi connectivity index (χ0) is 21.9. The maximum Gasteiger partial charge on any atom is 0.469 e. The van der Waals surface area contributed by atoms with Crippen molar-refractivity contribution in [3.63, 3.8) is 0 Å². The van der Waals surface area contributed by atoms with Crippen LogP contribution in [0.1, 0.15) is 19.1 Å². The van der Waals surface area contributed by atoms with Crippen LogP contribution in [-0.4, -0.2) is 78.3 Å². The van der Waals surface area contributed by atoms with Crippen molar-refractivity contribution >= 4 is 30.6 Å². The van der Waals surface area contributed by atoms with Gasteiger partial charge in [0.05, 0.1) is 12.9 Å². The fourth-order valence-corrected chi connectivity index (χ4v) is 3.39. The molecule has 0 aromatic carbocycles. The number of rotatable bonds is 10. The molecule has 0 bridgehead atoms. The lowest BCUT2D eigenvalue weighted by atomic mass is 10.1. The highest BCUT2D eigenvalue weighted by Gasteiger charge is 2.47. The van der Waals surface area contributed by atoms with Crippen molar-refractivity contribution in [3.05, 3.63) is 12.7 Å². The van der Waals surface area contributed by atoms with Gasteiger partial charge in [-0.3, -0.25) is 13.9 Å². The molecule has 0 radical (unpaired) electrons. The number of aliphatic hydroxyl groups excluding tert-OH is 1. The Morgan fingerprint density at radius 2 is 2.10 bits per heavy atom. The zero-order valence-electron chi connectivity index (χ0n) is 15.8. The summed E-state index contributed by atoms with van der Waals surface area (Å²) in [6.07, 6.45) is -1.32. The van der Waals surface area contributed by atoms with Crippen LogP contribution in [0, 0.1) is 0 Å². The predicted molar refractivity (Wildman–Crippen MR) is 101 cm³/mol. The fourth-order valence-electron chi connectivity index (χ4n) is 3.05. The average molecular weight is 446 g/mol. The second kappa shape index (κ2) is 9.41. The number of fused-ring (bicyclic) bond motifs is 1. The monoisotopic (exact) mass is 446 g/mol. The van der Waals surface area contributed by atoms with E-state index in [1.807, 2.05) is 0 Å². The van der Waals surface area contributed by atoms with Crippen LogP contribution in [0.5, 0.6) is 0 Å². The fraction of sp³-hybridized carbons (Fsp3) is 0.600. The van der Waals surface area contributed by atoms with Gasteiger partial charge in [-0.15, -0.1) is 0 Å². The Hall–Kier alpha value is -2.03. The first-order chi connectivity index (χ1) is 14.2. The van der Waals surface area contributed by atoms with Gasteiger partial charge in [-0.05, 0) is 13.0 Å². The SMILES string of the molecule is NCCCC(=O)COC1C(O)C(COP(=O)(O)O)OC1n1cnc2c(N)ncnc21. The number of nitrogens with zero attached hydrogens (tertiary/aromatic N) is 4. The largest absolute Gasteiger partial charge is 0.469 e. The molecule has 1 saturated heterocycles. The number of Topliss-reactive ketones (excluding diaryl/α,β-unsaturated/α-hetero) is 1. The van der Waals surface area contributed by atoms with Gasteiger partial charge in [0.2, 0.25) is 0 Å². The molecule has 30 heavy (non-hydrogen) atoms. The number of hydrogen-bond acceptors (Lipinski definition) is 11. The Bertz CT molecular complexity index is 935. The first kappa shape index (κ1) is 22.7. The number of ether oxygens (including phenoxy) is 2. The molecule has 1 aliphatic heterocycles. The van der Waals surface area contributed by atoms with Gasteiger partial charge in [0.25, 0.3) is 0 Å². The van der Waals surface area contributed by atoms with E-state index in [1.165, 1.54) is 17.2 Å². The number of hydrogen-bond donors (Lipinski definition) is 5. The molecule has 0 spiro atoms. The molecule has 1 aliphatic rings. The van der Waals surface area contributed by atoms with E-state index in [-0.39, 0.29) is 24.6 Å². The Balaban J connectivity index is 1.83. The van der Waals surface area contributed by atoms with Crippen molar-refractivity contribution < 1.29 is 38.3 Å². The molecule has 7 N–H and O–H groups in total. The van der Waals surface area contributed by atoms with Crippen molar-refractivity contribution in [3.8, 4) is 0 Å². The molecule has 15 heteroatoms. The summed E-state index contributed by atoms with van der Waals surface area (Å²) in [7, 11) is -4.79. The van der Waals surface area contributed by atoms with E-state index in [4.69, 9.17) is 30.7 Å². The molecule has 166 valence electrons. The van der Waals surface area contributed by atoms with Crippen molar-refractivity contribution in [2.45, 2.75) is 37.4 Å². The highest BCUT2D eigenvalue weighted by Crippen LogP contribution is 2.39. The van der Waals surface area contributed by atoms with E-state index < -0.39 is 39.0 Å². The molecule has 0 saturated carbocycles. The first-order valence-corrected chi connectivity index (χ1v) is 10.5. The number of phosphoric ester groups is 1. The second-order valence-electron chi connectivity index (χ2n) is 6.63. The number of anilines is 1. The number of imidazole rings is 1. The van der Waals surface area contributed by atoms with Gasteiger partial charge >= 0.3 is 7.82 Å². The lowest BCUT2D eigenvalue weighted by molar-refractivity contribution is -0.130. The Morgan fingerprint density at radius 1 is 1.33 bits per heavy atom. The second-order valence-corrected chi connectivity index (χ2v) is 7.87. The zero-order valence-corrected chi connectivity index (χ0v) is 16.7. The van der Waals surface area contributed by atoms with Gasteiger partial charge in [0, 0.05) is 6.42 Å². The predicted octanol–water partition coefficient (Wildman–Crippen LogP) is -1.53. The number of carbonyl (C=O) groups excluding carboxylic acids is 1. The van der Waals surface area contributed by atoms with Crippen molar-refractivity contribution in [2.75, 3.05) is 25.5 Å². The van der Waals surface area contributed by atoms with Crippen molar-refractivity contribution in [1.82, 2.24) is 19.5 Å². The van der Waals surface area contributed by atoms with Crippen LogP contribution >= 0.6 is 7.82 Å². The Morgan fingerprint density at radius 3 is 2.80 bits per heavy atom. The lowest BCUT2D eigenvalue weighted by Crippen LogP contribution is -2.37. The van der Waals surface area contributed by atoms with Gasteiger partial charge in [-0.2, -0.15) is 0 Å². The summed E-state index contributed by atoms with van der Waals surface area (Å²) in [6.45, 7) is -0.558. The topological polar surface area (TPSA) is 218 Å². The van der Waals surface area contributed by atoms with Crippen molar-refractivity contribution in [2.24, 2.45) is 5.73 Å². The van der Waals surface area contributed by atoms with E-state index in [1.54, 1.807) is 0 Å². The molecule has 2 aromatic rings. The van der Waals surface area contributed by atoms with E-state index in [0.29, 0.717) is 24.1 Å². The quantitative estimate of drug-likeness (QED) is 0.262. The molecule has 0 aliphatic carbocycles. The molecular formula is C15H23N6O8P. The molecule has 3 rings (SSSR count). The summed E-state index contributed by atoms with van der Waals surface area (Å²) in [5.74, 6) is -0.0866. The number of ketones is 1.